The van der Waals surface area contributed by atoms with Crippen LogP contribution in [0.2, 0.25) is 0 Å². The first kappa shape index (κ1) is 24.9. The van der Waals surface area contributed by atoms with Gasteiger partial charge in [-0.3, -0.25) is 9.59 Å². The number of carbonyl (C=O) groups is 2. The summed E-state index contributed by atoms with van der Waals surface area (Å²) in [6.45, 7) is 4.83. The van der Waals surface area contributed by atoms with Crippen molar-refractivity contribution in [3.8, 4) is 17.2 Å². The lowest BCUT2D eigenvalue weighted by atomic mass is 9.94. The largest absolute Gasteiger partial charge is 0.507 e. The predicted molar refractivity (Wildman–Crippen MR) is 136 cm³/mol. The van der Waals surface area contributed by atoms with Gasteiger partial charge in [-0.15, -0.1) is 0 Å². The summed E-state index contributed by atoms with van der Waals surface area (Å²) in [4.78, 5) is 28.1. The van der Waals surface area contributed by atoms with Crippen LogP contribution in [0, 0.1) is 0 Å². The topological polar surface area (TPSA) is 85.3 Å². The lowest BCUT2D eigenvalue weighted by Crippen LogP contribution is -2.29. The van der Waals surface area contributed by atoms with Crippen LogP contribution in [0.1, 0.15) is 36.6 Å². The molecule has 1 aliphatic rings. The molecule has 0 spiro atoms. The van der Waals surface area contributed by atoms with Gasteiger partial charge in [0, 0.05) is 12.1 Å². The molecule has 1 N–H and O–H groups in total. The van der Waals surface area contributed by atoms with Gasteiger partial charge >= 0.3 is 0 Å². The van der Waals surface area contributed by atoms with Gasteiger partial charge in [0.05, 0.1) is 31.9 Å². The SMILES string of the molecule is CCOc1ccc(C2/C(=C(\O)c3ccc(OC)cc3)C(=O)C(=O)N2Cc2ccccc2)cc1OCC. The summed E-state index contributed by atoms with van der Waals surface area (Å²) in [5.41, 5.74) is 1.93. The number of carbonyl (C=O) groups excluding carboxylic acids is 2. The Morgan fingerprint density at radius 2 is 1.56 bits per heavy atom. The molecule has 0 bridgehead atoms. The number of ether oxygens (including phenoxy) is 3. The maximum absolute atomic E-state index is 13.3. The van der Waals surface area contributed by atoms with Crippen molar-refractivity contribution in [1.82, 2.24) is 4.90 Å². The van der Waals surface area contributed by atoms with Crippen LogP contribution >= 0.6 is 0 Å². The van der Waals surface area contributed by atoms with Crippen molar-refractivity contribution in [2.75, 3.05) is 20.3 Å². The van der Waals surface area contributed by atoms with Gasteiger partial charge < -0.3 is 24.2 Å². The fraction of sp³-hybridized carbons (Fsp3) is 0.241. The zero-order chi connectivity index (χ0) is 25.7. The van der Waals surface area contributed by atoms with E-state index in [4.69, 9.17) is 14.2 Å². The number of rotatable bonds is 9. The second kappa shape index (κ2) is 11.0. The minimum absolute atomic E-state index is 0.0210. The number of aliphatic hydroxyl groups is 1. The Kier molecular flexibility index (Phi) is 7.59. The van der Waals surface area contributed by atoms with E-state index in [0.717, 1.165) is 5.56 Å². The third kappa shape index (κ3) is 4.91. The van der Waals surface area contributed by atoms with Crippen LogP contribution in [0.3, 0.4) is 0 Å². The van der Waals surface area contributed by atoms with Crippen LogP contribution in [0.15, 0.2) is 78.4 Å². The van der Waals surface area contributed by atoms with Gasteiger partial charge in [-0.25, -0.2) is 0 Å². The molecular formula is C29H29NO6. The minimum Gasteiger partial charge on any atom is -0.507 e. The van der Waals surface area contributed by atoms with E-state index in [9.17, 15) is 14.7 Å². The Balaban J connectivity index is 1.87. The van der Waals surface area contributed by atoms with E-state index in [1.165, 1.54) is 4.90 Å². The Labute approximate surface area is 210 Å². The van der Waals surface area contributed by atoms with Gasteiger partial charge in [-0.1, -0.05) is 36.4 Å². The van der Waals surface area contributed by atoms with Crippen molar-refractivity contribution in [2.24, 2.45) is 0 Å². The third-order valence-electron chi connectivity index (χ3n) is 5.98. The van der Waals surface area contributed by atoms with E-state index in [0.29, 0.717) is 41.6 Å². The van der Waals surface area contributed by atoms with Crippen molar-refractivity contribution in [3.63, 3.8) is 0 Å². The number of amides is 1. The fourth-order valence-corrected chi connectivity index (χ4v) is 4.31. The number of likely N-dealkylation sites (tertiary alicyclic amines) is 1. The molecule has 1 amide bonds. The number of hydrogen-bond acceptors (Lipinski definition) is 6. The summed E-state index contributed by atoms with van der Waals surface area (Å²) >= 11 is 0. The first-order valence-corrected chi connectivity index (χ1v) is 11.8. The average Bonchev–Trinajstić information content (AvgIpc) is 3.15. The number of nitrogens with zero attached hydrogens (tertiary/aromatic N) is 1. The Morgan fingerprint density at radius 1 is 0.889 bits per heavy atom. The number of methoxy groups -OCH3 is 1. The van der Waals surface area contributed by atoms with Crippen molar-refractivity contribution in [3.05, 3.63) is 95.1 Å². The molecule has 0 aromatic heterocycles. The van der Waals surface area contributed by atoms with E-state index >= 15 is 0 Å². The van der Waals surface area contributed by atoms with Crippen LogP contribution < -0.4 is 14.2 Å². The standard InChI is InChI=1S/C29H29NO6/c1-4-35-23-16-13-21(17-24(23)36-5-2)26-25(27(31)20-11-14-22(34-3)15-12-20)28(32)29(33)30(26)18-19-9-7-6-8-10-19/h6-17,26,31H,4-5,18H2,1-3H3/b27-25+. The molecule has 7 nitrogen and oxygen atoms in total. The highest BCUT2D eigenvalue weighted by Crippen LogP contribution is 2.42. The molecule has 1 saturated heterocycles. The van der Waals surface area contributed by atoms with Crippen LogP contribution in [0.5, 0.6) is 17.2 Å². The van der Waals surface area contributed by atoms with E-state index in [2.05, 4.69) is 0 Å². The zero-order valence-corrected chi connectivity index (χ0v) is 20.6. The number of hydrogen-bond donors (Lipinski definition) is 1. The monoisotopic (exact) mass is 487 g/mol. The fourth-order valence-electron chi connectivity index (χ4n) is 4.31. The van der Waals surface area contributed by atoms with Crippen LogP contribution in [0.4, 0.5) is 0 Å². The molecule has 0 saturated carbocycles. The molecule has 4 rings (SSSR count). The van der Waals surface area contributed by atoms with E-state index in [1.54, 1.807) is 49.6 Å². The Bertz CT molecular complexity index is 1270. The van der Waals surface area contributed by atoms with Gasteiger partial charge in [0.2, 0.25) is 0 Å². The number of benzene rings is 3. The number of ketones is 1. The molecule has 36 heavy (non-hydrogen) atoms. The first-order chi connectivity index (χ1) is 17.5. The molecule has 1 fully saturated rings. The predicted octanol–water partition coefficient (Wildman–Crippen LogP) is 5.11. The van der Waals surface area contributed by atoms with Crippen molar-refractivity contribution in [1.29, 1.82) is 0 Å². The number of Topliss-reactive ketones (excluding diaryl/α,β-unsaturated/α-hetero) is 1. The van der Waals surface area contributed by atoms with E-state index in [1.807, 2.05) is 44.2 Å². The second-order valence-corrected chi connectivity index (χ2v) is 8.21. The summed E-state index contributed by atoms with van der Waals surface area (Å²) in [7, 11) is 1.55. The van der Waals surface area contributed by atoms with Crippen LogP contribution in [-0.2, 0) is 16.1 Å². The lowest BCUT2D eigenvalue weighted by Gasteiger charge is -2.26. The molecular weight excluding hydrogens is 458 g/mol. The van der Waals surface area contributed by atoms with Crippen molar-refractivity contribution in [2.45, 2.75) is 26.4 Å². The quantitative estimate of drug-likeness (QED) is 0.256. The molecule has 1 unspecified atom stereocenters. The highest BCUT2D eigenvalue weighted by molar-refractivity contribution is 6.46. The van der Waals surface area contributed by atoms with Gasteiger partial charge in [-0.2, -0.15) is 0 Å². The molecule has 1 aliphatic heterocycles. The Hall–Kier alpha value is -4.26. The second-order valence-electron chi connectivity index (χ2n) is 8.21. The van der Waals surface area contributed by atoms with Crippen LogP contribution in [-0.4, -0.2) is 42.0 Å². The highest BCUT2D eigenvalue weighted by Gasteiger charge is 2.46. The molecule has 0 aliphatic carbocycles. The first-order valence-electron chi connectivity index (χ1n) is 11.8. The molecule has 1 heterocycles. The molecule has 1 atom stereocenters. The van der Waals surface area contributed by atoms with Crippen LogP contribution in [0.25, 0.3) is 5.76 Å². The van der Waals surface area contributed by atoms with Crippen molar-refractivity contribution >= 4 is 17.4 Å². The van der Waals surface area contributed by atoms with E-state index < -0.39 is 17.7 Å². The summed E-state index contributed by atoms with van der Waals surface area (Å²) in [5, 5.41) is 11.3. The summed E-state index contributed by atoms with van der Waals surface area (Å²) in [6, 6.07) is 20.6. The summed E-state index contributed by atoms with van der Waals surface area (Å²) in [6.07, 6.45) is 0. The van der Waals surface area contributed by atoms with E-state index in [-0.39, 0.29) is 17.9 Å². The normalized spacial score (nSPS) is 16.8. The van der Waals surface area contributed by atoms with Gasteiger partial charge in [0.15, 0.2) is 11.5 Å². The molecule has 186 valence electrons. The molecule has 3 aromatic rings. The third-order valence-corrected chi connectivity index (χ3v) is 5.98. The smallest absolute Gasteiger partial charge is 0.295 e. The molecule has 0 radical (unpaired) electrons. The summed E-state index contributed by atoms with van der Waals surface area (Å²) in [5.74, 6) is 0.0237. The minimum atomic E-state index is -0.817. The average molecular weight is 488 g/mol. The molecule has 7 heteroatoms. The zero-order valence-electron chi connectivity index (χ0n) is 20.6. The Morgan fingerprint density at radius 3 is 2.19 bits per heavy atom. The maximum atomic E-state index is 13.3. The van der Waals surface area contributed by atoms with Gasteiger partial charge in [0.25, 0.3) is 11.7 Å². The maximum Gasteiger partial charge on any atom is 0.295 e. The van der Waals surface area contributed by atoms with Gasteiger partial charge in [0.1, 0.15) is 11.5 Å². The molecule has 3 aromatic carbocycles. The lowest BCUT2D eigenvalue weighted by molar-refractivity contribution is -0.140. The van der Waals surface area contributed by atoms with Gasteiger partial charge in [-0.05, 0) is 61.4 Å². The summed E-state index contributed by atoms with van der Waals surface area (Å²) < 4.78 is 16.7. The van der Waals surface area contributed by atoms with Crippen molar-refractivity contribution < 1.29 is 28.9 Å². The highest BCUT2D eigenvalue weighted by atomic mass is 16.5. The number of aliphatic hydroxyl groups excluding tert-OH is 1.